The first-order chi connectivity index (χ1) is 10.1. The first-order valence-electron chi connectivity index (χ1n) is 7.06. The summed E-state index contributed by atoms with van der Waals surface area (Å²) in [4.78, 5) is 0. The minimum atomic E-state index is -1.38. The Morgan fingerprint density at radius 3 is 2.33 bits per heavy atom. The van der Waals surface area contributed by atoms with Crippen molar-refractivity contribution in [3.05, 3.63) is 70.0 Å². The Morgan fingerprint density at radius 2 is 1.67 bits per heavy atom. The number of fused-ring (bicyclic) bond motifs is 1. The lowest BCUT2D eigenvalue weighted by Crippen LogP contribution is -2.06. The average Bonchev–Trinajstić information content (AvgIpc) is 2.52. The van der Waals surface area contributed by atoms with Crippen LogP contribution in [0.5, 0.6) is 0 Å². The summed E-state index contributed by atoms with van der Waals surface area (Å²) in [6.07, 6.45) is 3.74. The third-order valence-corrected chi connectivity index (χ3v) is 4.01. The molecule has 0 heterocycles. The van der Waals surface area contributed by atoms with E-state index >= 15 is 0 Å². The second kappa shape index (κ2) is 5.40. The Morgan fingerprint density at radius 1 is 0.952 bits per heavy atom. The molecule has 0 fully saturated rings. The second-order valence-corrected chi connectivity index (χ2v) is 5.27. The van der Waals surface area contributed by atoms with Crippen LogP contribution in [-0.4, -0.2) is 0 Å². The van der Waals surface area contributed by atoms with Crippen LogP contribution >= 0.6 is 0 Å². The number of aryl methyl sites for hydroxylation is 1. The molecule has 1 aliphatic carbocycles. The van der Waals surface area contributed by atoms with E-state index in [1.54, 1.807) is 6.08 Å². The summed E-state index contributed by atoms with van der Waals surface area (Å²) in [6.45, 7) is 2.09. The predicted octanol–water partition coefficient (Wildman–Crippen LogP) is 5.15. The van der Waals surface area contributed by atoms with Crippen LogP contribution in [0.1, 0.15) is 35.6 Å². The van der Waals surface area contributed by atoms with E-state index in [0.717, 1.165) is 23.6 Å². The van der Waals surface area contributed by atoms with Crippen LogP contribution in [0.3, 0.4) is 0 Å². The minimum absolute atomic E-state index is 0.267. The van der Waals surface area contributed by atoms with E-state index in [1.165, 1.54) is 5.56 Å². The topological polar surface area (TPSA) is 0 Å². The molecule has 0 aromatic heterocycles. The van der Waals surface area contributed by atoms with Crippen LogP contribution in [-0.2, 0) is 12.8 Å². The lowest BCUT2D eigenvalue weighted by molar-refractivity contribution is 0.440. The van der Waals surface area contributed by atoms with E-state index in [0.29, 0.717) is 18.4 Å². The van der Waals surface area contributed by atoms with Gasteiger partial charge in [0.1, 0.15) is 0 Å². The SMILES string of the molecule is CCc1ccc(C2=Cc3cc(F)c(F)c(F)c3CC2)cc1. The monoisotopic (exact) mass is 288 g/mol. The van der Waals surface area contributed by atoms with Crippen LogP contribution in [0, 0.1) is 17.5 Å². The summed E-state index contributed by atoms with van der Waals surface area (Å²) in [7, 11) is 0. The maximum Gasteiger partial charge on any atom is 0.194 e. The minimum Gasteiger partial charge on any atom is -0.204 e. The molecule has 3 rings (SSSR count). The highest BCUT2D eigenvalue weighted by molar-refractivity contribution is 5.84. The van der Waals surface area contributed by atoms with E-state index in [4.69, 9.17) is 0 Å². The number of halogens is 3. The van der Waals surface area contributed by atoms with Crippen molar-refractivity contribution in [3.8, 4) is 0 Å². The van der Waals surface area contributed by atoms with Gasteiger partial charge in [0.05, 0.1) is 0 Å². The molecule has 0 nitrogen and oxygen atoms in total. The van der Waals surface area contributed by atoms with E-state index in [1.807, 2.05) is 12.1 Å². The molecule has 0 saturated heterocycles. The molecular formula is C18H15F3. The Kier molecular flexibility index (Phi) is 3.58. The lowest BCUT2D eigenvalue weighted by Gasteiger charge is -2.18. The van der Waals surface area contributed by atoms with Gasteiger partial charge in [-0.05, 0) is 53.2 Å². The van der Waals surface area contributed by atoms with Gasteiger partial charge in [0, 0.05) is 0 Å². The number of rotatable bonds is 2. The Balaban J connectivity index is 2.03. The molecule has 0 N–H and O–H groups in total. The molecule has 2 aromatic rings. The number of benzene rings is 2. The van der Waals surface area contributed by atoms with Crippen LogP contribution < -0.4 is 0 Å². The summed E-state index contributed by atoms with van der Waals surface area (Å²) in [6, 6.07) is 9.22. The number of allylic oxidation sites excluding steroid dienone is 1. The highest BCUT2D eigenvalue weighted by Gasteiger charge is 2.21. The molecular weight excluding hydrogens is 273 g/mol. The fourth-order valence-electron chi connectivity index (χ4n) is 2.74. The molecule has 2 aromatic carbocycles. The van der Waals surface area contributed by atoms with Crippen LogP contribution in [0.25, 0.3) is 11.6 Å². The summed E-state index contributed by atoms with van der Waals surface area (Å²) in [5.41, 5.74) is 4.02. The smallest absolute Gasteiger partial charge is 0.194 e. The molecule has 0 atom stereocenters. The first-order valence-corrected chi connectivity index (χ1v) is 7.06. The first kappa shape index (κ1) is 13.9. The fraction of sp³-hybridized carbons (Fsp3) is 0.222. The normalized spacial score (nSPS) is 13.8. The van der Waals surface area contributed by atoms with Crippen LogP contribution in [0.2, 0.25) is 0 Å². The zero-order chi connectivity index (χ0) is 15.0. The molecule has 0 saturated carbocycles. The van der Waals surface area contributed by atoms with Gasteiger partial charge in [0.2, 0.25) is 0 Å². The van der Waals surface area contributed by atoms with Crippen molar-refractivity contribution in [2.24, 2.45) is 0 Å². The molecule has 21 heavy (non-hydrogen) atoms. The Labute approximate surface area is 121 Å². The van der Waals surface area contributed by atoms with Crippen molar-refractivity contribution < 1.29 is 13.2 Å². The highest BCUT2D eigenvalue weighted by atomic mass is 19.2. The van der Waals surface area contributed by atoms with Gasteiger partial charge in [-0.2, -0.15) is 0 Å². The molecule has 0 bridgehead atoms. The largest absolute Gasteiger partial charge is 0.204 e. The van der Waals surface area contributed by atoms with Gasteiger partial charge < -0.3 is 0 Å². The van der Waals surface area contributed by atoms with Gasteiger partial charge >= 0.3 is 0 Å². The predicted molar refractivity (Wildman–Crippen MR) is 78.3 cm³/mol. The van der Waals surface area contributed by atoms with Gasteiger partial charge in [0.25, 0.3) is 0 Å². The number of hydrogen-bond acceptors (Lipinski definition) is 0. The van der Waals surface area contributed by atoms with Gasteiger partial charge in [-0.1, -0.05) is 37.3 Å². The van der Waals surface area contributed by atoms with E-state index in [-0.39, 0.29) is 5.56 Å². The fourth-order valence-corrected chi connectivity index (χ4v) is 2.74. The Hall–Kier alpha value is -2.03. The molecule has 0 amide bonds. The summed E-state index contributed by atoms with van der Waals surface area (Å²) >= 11 is 0. The van der Waals surface area contributed by atoms with Gasteiger partial charge in [0.15, 0.2) is 17.5 Å². The van der Waals surface area contributed by atoms with Crippen LogP contribution in [0.15, 0.2) is 30.3 Å². The zero-order valence-electron chi connectivity index (χ0n) is 11.7. The molecule has 0 unspecified atom stereocenters. The molecule has 1 aliphatic rings. The van der Waals surface area contributed by atoms with Crippen molar-refractivity contribution in [1.29, 1.82) is 0 Å². The van der Waals surface area contributed by atoms with Crippen molar-refractivity contribution in [2.75, 3.05) is 0 Å². The van der Waals surface area contributed by atoms with Crippen molar-refractivity contribution in [1.82, 2.24) is 0 Å². The van der Waals surface area contributed by atoms with Gasteiger partial charge in [-0.15, -0.1) is 0 Å². The summed E-state index contributed by atoms with van der Waals surface area (Å²) in [5.74, 6) is -3.57. The van der Waals surface area contributed by atoms with E-state index in [2.05, 4.69) is 19.1 Å². The Bertz CT molecular complexity index is 712. The van der Waals surface area contributed by atoms with E-state index in [9.17, 15) is 13.2 Å². The maximum atomic E-state index is 13.7. The van der Waals surface area contributed by atoms with Crippen LogP contribution in [0.4, 0.5) is 13.2 Å². The maximum absolute atomic E-state index is 13.7. The number of hydrogen-bond donors (Lipinski definition) is 0. The van der Waals surface area contributed by atoms with Crippen molar-refractivity contribution in [3.63, 3.8) is 0 Å². The summed E-state index contributed by atoms with van der Waals surface area (Å²) < 4.78 is 40.3. The standard InChI is InChI=1S/C18H15F3/c1-2-11-3-5-12(6-4-11)13-7-8-15-14(9-13)10-16(19)18(21)17(15)20/h3-6,9-10H,2,7-8H2,1H3. The van der Waals surface area contributed by atoms with Gasteiger partial charge in [-0.3, -0.25) is 0 Å². The second-order valence-electron chi connectivity index (χ2n) is 5.27. The average molecular weight is 288 g/mol. The summed E-state index contributed by atoms with van der Waals surface area (Å²) in [5, 5.41) is 0. The highest BCUT2D eigenvalue weighted by Crippen LogP contribution is 2.33. The van der Waals surface area contributed by atoms with E-state index < -0.39 is 17.5 Å². The van der Waals surface area contributed by atoms with Gasteiger partial charge in [-0.25, -0.2) is 13.2 Å². The quantitative estimate of drug-likeness (QED) is 0.670. The molecule has 0 spiro atoms. The molecule has 0 radical (unpaired) electrons. The third-order valence-electron chi connectivity index (χ3n) is 4.01. The van der Waals surface area contributed by atoms with Crippen molar-refractivity contribution >= 4 is 11.6 Å². The third kappa shape index (κ3) is 2.48. The molecule has 0 aliphatic heterocycles. The lowest BCUT2D eigenvalue weighted by atomic mass is 9.88. The zero-order valence-corrected chi connectivity index (χ0v) is 11.7. The molecule has 108 valence electrons. The molecule has 3 heteroatoms. The van der Waals surface area contributed by atoms with Crippen molar-refractivity contribution in [2.45, 2.75) is 26.2 Å².